The van der Waals surface area contributed by atoms with Gasteiger partial charge in [0.1, 0.15) is 0 Å². The van der Waals surface area contributed by atoms with Gasteiger partial charge in [-0.05, 0) is 19.5 Å². The van der Waals surface area contributed by atoms with E-state index in [1.807, 2.05) is 13.8 Å². The molecule has 0 bridgehead atoms. The summed E-state index contributed by atoms with van der Waals surface area (Å²) in [7, 11) is -3.03. The minimum absolute atomic E-state index is 0.240. The Morgan fingerprint density at radius 2 is 1.93 bits per heavy atom. The lowest BCUT2D eigenvalue weighted by Gasteiger charge is -2.38. The van der Waals surface area contributed by atoms with Crippen LogP contribution in [0.5, 0.6) is 0 Å². The average Bonchev–Trinajstić information content (AvgIpc) is 2.15. The van der Waals surface area contributed by atoms with Crippen LogP contribution in [0, 0.1) is 0 Å². The van der Waals surface area contributed by atoms with E-state index in [0.29, 0.717) is 6.61 Å². The van der Waals surface area contributed by atoms with Crippen LogP contribution in [0.2, 0.25) is 0 Å². The third kappa shape index (κ3) is 3.52. The Balaban J connectivity index is 4.97. The fourth-order valence-electron chi connectivity index (χ4n) is 1.08. The third-order valence-electron chi connectivity index (χ3n) is 1.92. The van der Waals surface area contributed by atoms with Crippen LogP contribution in [0.1, 0.15) is 13.8 Å². The van der Waals surface area contributed by atoms with Crippen LogP contribution in [0.4, 0.5) is 0 Å². The van der Waals surface area contributed by atoms with Crippen molar-refractivity contribution >= 4 is 8.56 Å². The van der Waals surface area contributed by atoms with Gasteiger partial charge in [0.05, 0.1) is 6.10 Å². The third-order valence-corrected chi connectivity index (χ3v) is 5.11. The summed E-state index contributed by atoms with van der Waals surface area (Å²) in [5.74, 6) is 0. The lowest BCUT2D eigenvalue weighted by molar-refractivity contribution is 0.138. The van der Waals surface area contributed by atoms with Crippen molar-refractivity contribution in [3.05, 3.63) is 24.9 Å². The molecule has 0 aromatic carbocycles. The van der Waals surface area contributed by atoms with Gasteiger partial charge in [-0.1, -0.05) is 6.08 Å². The van der Waals surface area contributed by atoms with Gasteiger partial charge in [0.2, 0.25) is 0 Å². The van der Waals surface area contributed by atoms with E-state index in [0.717, 1.165) is 0 Å². The maximum Gasteiger partial charge on any atom is 0.416 e. The second-order valence-corrected chi connectivity index (χ2v) is 6.43. The number of hydrogen-bond donors (Lipinski definition) is 3. The van der Waals surface area contributed by atoms with E-state index in [4.69, 9.17) is 26.1 Å². The molecule has 0 spiro atoms. The highest BCUT2D eigenvalue weighted by Gasteiger charge is 2.50. The summed E-state index contributed by atoms with van der Waals surface area (Å²) in [5.41, 5.74) is 17.0. The van der Waals surface area contributed by atoms with Crippen molar-refractivity contribution < 1.29 is 8.85 Å². The van der Waals surface area contributed by atoms with Gasteiger partial charge in [0.25, 0.3) is 0 Å². The molecule has 2 unspecified atom stereocenters. The molecule has 0 amide bonds. The molecule has 0 aliphatic carbocycles. The molecule has 0 aliphatic rings. The monoisotopic (exact) mass is 231 g/mol. The van der Waals surface area contributed by atoms with Crippen molar-refractivity contribution in [2.24, 2.45) is 17.2 Å². The van der Waals surface area contributed by atoms with Gasteiger partial charge in [-0.3, -0.25) is 17.2 Å². The molecule has 0 rings (SSSR count). The molecular weight excluding hydrogens is 210 g/mol. The smallest absolute Gasteiger partial charge is 0.389 e. The van der Waals surface area contributed by atoms with Crippen molar-refractivity contribution in [2.45, 2.75) is 25.4 Å². The molecule has 5 nitrogen and oxygen atoms in total. The zero-order valence-corrected chi connectivity index (χ0v) is 10.4. The normalized spacial score (nSPS) is 17.9. The molecule has 0 aromatic rings. The van der Waals surface area contributed by atoms with E-state index in [1.165, 1.54) is 5.70 Å². The van der Waals surface area contributed by atoms with Crippen molar-refractivity contribution in [1.29, 1.82) is 0 Å². The molecule has 0 saturated carbocycles. The summed E-state index contributed by atoms with van der Waals surface area (Å²) in [5, 5.41) is 0. The van der Waals surface area contributed by atoms with E-state index in [2.05, 4.69) is 13.2 Å². The largest absolute Gasteiger partial charge is 0.416 e. The second-order valence-electron chi connectivity index (χ2n) is 3.30. The highest BCUT2D eigenvalue weighted by molar-refractivity contribution is 6.75. The molecule has 6 heteroatoms. The Bertz CT molecular complexity index is 230. The van der Waals surface area contributed by atoms with Crippen molar-refractivity contribution in [3.8, 4) is 0 Å². The molecule has 6 N–H and O–H groups in total. The summed E-state index contributed by atoms with van der Waals surface area (Å²) < 4.78 is 11.1. The predicted molar refractivity (Wildman–Crippen MR) is 63.6 cm³/mol. The lowest BCUT2D eigenvalue weighted by atomic mass is 10.4. The van der Waals surface area contributed by atoms with Crippen LogP contribution in [0.25, 0.3) is 0 Å². The molecule has 2 atom stereocenters. The van der Waals surface area contributed by atoms with Gasteiger partial charge in [0, 0.05) is 6.61 Å². The van der Waals surface area contributed by atoms with Gasteiger partial charge >= 0.3 is 8.56 Å². The Morgan fingerprint density at radius 3 is 2.20 bits per heavy atom. The molecule has 0 saturated heterocycles. The fraction of sp³-hybridized carbons (Fsp3) is 0.556. The van der Waals surface area contributed by atoms with Crippen molar-refractivity contribution in [1.82, 2.24) is 0 Å². The van der Waals surface area contributed by atoms with Gasteiger partial charge < -0.3 is 8.85 Å². The number of rotatable bonds is 7. The van der Waals surface area contributed by atoms with Crippen molar-refractivity contribution in [3.63, 3.8) is 0 Å². The first-order valence-electron chi connectivity index (χ1n) is 4.77. The standard InChI is InChI=1S/C9H21N3O2Si/c1-5-8(4)14-15(7-3,13-6-2)9(10,11)12/h5,7-8H,1,3,6,10-12H2,2,4H3. The first-order valence-corrected chi connectivity index (χ1v) is 6.67. The molecular formula is C9H21N3O2Si. The summed E-state index contributed by atoms with van der Waals surface area (Å²) in [6.07, 6.45) is 1.38. The Morgan fingerprint density at radius 1 is 1.40 bits per heavy atom. The van der Waals surface area contributed by atoms with Crippen LogP contribution >= 0.6 is 0 Å². The molecule has 0 heterocycles. The average molecular weight is 231 g/mol. The maximum atomic E-state index is 5.68. The Labute approximate surface area is 92.2 Å². The van der Waals surface area contributed by atoms with Gasteiger partial charge in [-0.25, -0.2) is 0 Å². The minimum Gasteiger partial charge on any atom is -0.389 e. The van der Waals surface area contributed by atoms with Crippen molar-refractivity contribution in [2.75, 3.05) is 6.61 Å². The topological polar surface area (TPSA) is 96.5 Å². The lowest BCUT2D eigenvalue weighted by Crippen LogP contribution is -2.78. The molecule has 0 aromatic heterocycles. The van der Waals surface area contributed by atoms with Crippen LogP contribution < -0.4 is 17.2 Å². The van der Waals surface area contributed by atoms with E-state index >= 15 is 0 Å². The number of nitrogens with two attached hydrogens (primary N) is 3. The fourth-order valence-corrected chi connectivity index (χ4v) is 3.25. The maximum absolute atomic E-state index is 5.68. The summed E-state index contributed by atoms with van der Waals surface area (Å²) in [6, 6.07) is 0. The van der Waals surface area contributed by atoms with Gasteiger partial charge in [0.15, 0.2) is 5.41 Å². The van der Waals surface area contributed by atoms with E-state index in [9.17, 15) is 0 Å². The first kappa shape index (κ1) is 14.5. The summed E-state index contributed by atoms with van der Waals surface area (Å²) >= 11 is 0. The molecule has 0 radical (unpaired) electrons. The highest BCUT2D eigenvalue weighted by Crippen LogP contribution is 2.17. The van der Waals surface area contributed by atoms with Crippen LogP contribution in [0.15, 0.2) is 24.9 Å². The van der Waals surface area contributed by atoms with Crippen LogP contribution in [-0.2, 0) is 8.85 Å². The molecule has 88 valence electrons. The first-order chi connectivity index (χ1) is 6.83. The Hall–Kier alpha value is -0.503. The Kier molecular flexibility index (Phi) is 5.36. The zero-order valence-electron chi connectivity index (χ0n) is 9.40. The highest BCUT2D eigenvalue weighted by atomic mass is 28.4. The van der Waals surface area contributed by atoms with Gasteiger partial charge in [-0.2, -0.15) is 0 Å². The molecule has 15 heavy (non-hydrogen) atoms. The van der Waals surface area contributed by atoms with Crippen LogP contribution in [0.3, 0.4) is 0 Å². The van der Waals surface area contributed by atoms with E-state index < -0.39 is 14.0 Å². The summed E-state index contributed by atoms with van der Waals surface area (Å²) in [4.78, 5) is 0. The van der Waals surface area contributed by atoms with Gasteiger partial charge in [-0.15, -0.1) is 13.2 Å². The number of hydrogen-bond acceptors (Lipinski definition) is 5. The van der Waals surface area contributed by atoms with Crippen LogP contribution in [-0.4, -0.2) is 26.7 Å². The van der Waals surface area contributed by atoms with E-state index in [-0.39, 0.29) is 6.10 Å². The van der Waals surface area contributed by atoms with E-state index in [1.54, 1.807) is 6.08 Å². The SMILES string of the molecule is C=CC(C)O[Si](C=C)(OCC)C(N)(N)N. The predicted octanol–water partition coefficient (Wildman–Crippen LogP) is -0.149. The quantitative estimate of drug-likeness (QED) is 0.322. The second kappa shape index (κ2) is 5.55. The summed E-state index contributed by atoms with van der Waals surface area (Å²) in [6.45, 7) is 11.3. The minimum atomic E-state index is -3.03. The molecule has 0 aliphatic heterocycles. The molecule has 0 fully saturated rings. The zero-order chi connectivity index (χ0) is 12.1.